The largest absolute Gasteiger partial charge is 0.281 e. The smallest absolute Gasteiger partial charge is 0.0944 e. The normalized spacial score (nSPS) is 19.2. The highest BCUT2D eigenvalue weighted by Crippen LogP contribution is 2.29. The third-order valence-electron chi connectivity index (χ3n) is 2.30. The van der Waals surface area contributed by atoms with E-state index in [0.717, 1.165) is 13.0 Å². The summed E-state index contributed by atoms with van der Waals surface area (Å²) < 4.78 is 0. The summed E-state index contributed by atoms with van der Waals surface area (Å²) in [5, 5.41) is 6.67. The fraction of sp³-hybridized carbons (Fsp3) is 0.900. The molecule has 76 valence electrons. The lowest BCUT2D eigenvalue weighted by molar-refractivity contribution is 0.229. The zero-order valence-corrected chi connectivity index (χ0v) is 10.2. The first-order valence-corrected chi connectivity index (χ1v) is 5.24. The monoisotopic (exact) mass is 200 g/mol. The van der Waals surface area contributed by atoms with Crippen molar-refractivity contribution < 1.29 is 0 Å². The van der Waals surface area contributed by atoms with Gasteiger partial charge in [0.1, 0.15) is 0 Å². The van der Waals surface area contributed by atoms with Gasteiger partial charge in [-0.1, -0.05) is 20.8 Å². The van der Waals surface area contributed by atoms with E-state index in [1.54, 1.807) is 0 Å². The minimum atomic E-state index is -0.132. The van der Waals surface area contributed by atoms with Crippen LogP contribution in [0.15, 0.2) is 5.10 Å². The summed E-state index contributed by atoms with van der Waals surface area (Å²) in [7, 11) is 0. The molecule has 1 rings (SSSR count). The van der Waals surface area contributed by atoms with Gasteiger partial charge in [-0.05, 0) is 13.8 Å². The predicted octanol–water partition coefficient (Wildman–Crippen LogP) is 2.76. The molecule has 1 aliphatic heterocycles. The Kier molecular flexibility index (Phi) is 2.68. The predicted molar refractivity (Wildman–Crippen MR) is 61.3 cm³/mol. The second-order valence-electron chi connectivity index (χ2n) is 5.16. The van der Waals surface area contributed by atoms with Crippen LogP contribution in [-0.2, 0) is 0 Å². The van der Waals surface area contributed by atoms with Gasteiger partial charge < -0.3 is 0 Å². The van der Waals surface area contributed by atoms with Crippen molar-refractivity contribution in [2.75, 3.05) is 6.54 Å². The van der Waals surface area contributed by atoms with Crippen LogP contribution in [0.4, 0.5) is 0 Å². The molecule has 0 aromatic rings. The zero-order valence-electron chi connectivity index (χ0n) is 9.26. The Bertz CT molecular complexity index is 220. The van der Waals surface area contributed by atoms with Gasteiger partial charge in [-0.25, -0.2) is 0 Å². The lowest BCUT2D eigenvalue weighted by Gasteiger charge is -2.28. The van der Waals surface area contributed by atoms with Gasteiger partial charge in [0.25, 0.3) is 0 Å². The van der Waals surface area contributed by atoms with Gasteiger partial charge in [0.15, 0.2) is 0 Å². The summed E-state index contributed by atoms with van der Waals surface area (Å²) in [4.78, 5) is -0.132. The van der Waals surface area contributed by atoms with Crippen LogP contribution >= 0.6 is 12.6 Å². The van der Waals surface area contributed by atoms with Crippen LogP contribution in [-0.4, -0.2) is 22.1 Å². The molecule has 1 aliphatic rings. The van der Waals surface area contributed by atoms with Crippen molar-refractivity contribution >= 4 is 18.3 Å². The summed E-state index contributed by atoms with van der Waals surface area (Å²) >= 11 is 4.50. The Morgan fingerprint density at radius 1 is 1.23 bits per heavy atom. The minimum Gasteiger partial charge on any atom is -0.281 e. The average Bonchev–Trinajstić information content (AvgIpc) is 2.28. The van der Waals surface area contributed by atoms with Crippen LogP contribution in [0.3, 0.4) is 0 Å². The van der Waals surface area contributed by atoms with E-state index in [4.69, 9.17) is 0 Å². The Morgan fingerprint density at radius 3 is 2.00 bits per heavy atom. The van der Waals surface area contributed by atoms with Crippen molar-refractivity contribution in [3.63, 3.8) is 0 Å². The number of rotatable bonds is 1. The molecular weight excluding hydrogens is 180 g/mol. The molecule has 0 radical (unpaired) electrons. The Hall–Kier alpha value is -0.180. The summed E-state index contributed by atoms with van der Waals surface area (Å²) in [5.74, 6) is 0. The van der Waals surface area contributed by atoms with Gasteiger partial charge in [-0.15, -0.1) is 0 Å². The highest BCUT2D eigenvalue weighted by molar-refractivity contribution is 7.81. The molecule has 0 unspecified atom stereocenters. The molecule has 1 heterocycles. The van der Waals surface area contributed by atoms with Gasteiger partial charge in [-0.3, -0.25) is 5.01 Å². The van der Waals surface area contributed by atoms with Crippen molar-refractivity contribution in [1.82, 2.24) is 5.01 Å². The van der Waals surface area contributed by atoms with Crippen LogP contribution < -0.4 is 0 Å². The maximum Gasteiger partial charge on any atom is 0.0944 e. The molecular formula is C10H20N2S. The third kappa shape index (κ3) is 2.63. The Labute approximate surface area is 86.8 Å². The van der Waals surface area contributed by atoms with Crippen LogP contribution in [0.25, 0.3) is 0 Å². The van der Waals surface area contributed by atoms with Crippen molar-refractivity contribution in [1.29, 1.82) is 0 Å². The highest BCUT2D eigenvalue weighted by atomic mass is 32.1. The van der Waals surface area contributed by atoms with Gasteiger partial charge in [0, 0.05) is 24.1 Å². The molecule has 0 aromatic heterocycles. The highest BCUT2D eigenvalue weighted by Gasteiger charge is 2.30. The SMILES string of the molecule is CC(C)(C)C1=NN(C(C)(C)S)CC1. The first-order valence-electron chi connectivity index (χ1n) is 4.79. The first-order chi connectivity index (χ1) is 5.71. The fourth-order valence-corrected chi connectivity index (χ4v) is 1.52. The second-order valence-corrected chi connectivity index (χ2v) is 6.26. The van der Waals surface area contributed by atoms with Crippen molar-refractivity contribution in [2.45, 2.75) is 45.9 Å². The van der Waals surface area contributed by atoms with Crippen LogP contribution in [0.1, 0.15) is 41.0 Å². The number of hydrogen-bond donors (Lipinski definition) is 1. The number of hydrazone groups is 1. The summed E-state index contributed by atoms with van der Waals surface area (Å²) in [6.07, 6.45) is 1.08. The standard InChI is InChI=1S/C10H20N2S/c1-9(2,3)8-6-7-12(11-8)10(4,5)13/h13H,6-7H2,1-5H3. The fourth-order valence-electron chi connectivity index (χ4n) is 1.38. The maximum absolute atomic E-state index is 4.60. The molecule has 0 spiro atoms. The van der Waals surface area contributed by atoms with E-state index in [0.29, 0.717) is 0 Å². The van der Waals surface area contributed by atoms with Gasteiger partial charge in [-0.2, -0.15) is 17.7 Å². The maximum atomic E-state index is 4.60. The van der Waals surface area contributed by atoms with E-state index >= 15 is 0 Å². The van der Waals surface area contributed by atoms with Gasteiger partial charge in [0.05, 0.1) is 4.87 Å². The van der Waals surface area contributed by atoms with E-state index in [2.05, 4.69) is 57.4 Å². The average molecular weight is 200 g/mol. The quantitative estimate of drug-likeness (QED) is 0.643. The van der Waals surface area contributed by atoms with E-state index in [9.17, 15) is 0 Å². The molecule has 0 aromatic carbocycles. The minimum absolute atomic E-state index is 0.132. The Morgan fingerprint density at radius 2 is 1.77 bits per heavy atom. The van der Waals surface area contributed by atoms with E-state index < -0.39 is 0 Å². The molecule has 0 saturated heterocycles. The third-order valence-corrected chi connectivity index (χ3v) is 2.53. The second kappa shape index (κ2) is 3.19. The van der Waals surface area contributed by atoms with Crippen molar-refractivity contribution in [3.05, 3.63) is 0 Å². The molecule has 0 N–H and O–H groups in total. The van der Waals surface area contributed by atoms with E-state index in [1.807, 2.05) is 0 Å². The molecule has 0 fully saturated rings. The van der Waals surface area contributed by atoms with Crippen molar-refractivity contribution in [3.8, 4) is 0 Å². The molecule has 13 heavy (non-hydrogen) atoms. The van der Waals surface area contributed by atoms with Crippen LogP contribution in [0, 0.1) is 5.41 Å². The van der Waals surface area contributed by atoms with E-state index in [-0.39, 0.29) is 10.3 Å². The summed E-state index contributed by atoms with van der Waals surface area (Å²) in [5.41, 5.74) is 1.49. The summed E-state index contributed by atoms with van der Waals surface area (Å²) in [6.45, 7) is 11.8. The van der Waals surface area contributed by atoms with Gasteiger partial charge in [0.2, 0.25) is 0 Å². The lowest BCUT2D eigenvalue weighted by Crippen LogP contribution is -2.33. The summed E-state index contributed by atoms with van der Waals surface area (Å²) in [6, 6.07) is 0. The Balaban J connectivity index is 2.76. The lowest BCUT2D eigenvalue weighted by atomic mass is 9.89. The molecule has 0 amide bonds. The molecule has 2 nitrogen and oxygen atoms in total. The number of thiol groups is 1. The van der Waals surface area contributed by atoms with E-state index in [1.165, 1.54) is 5.71 Å². The van der Waals surface area contributed by atoms with Gasteiger partial charge >= 0.3 is 0 Å². The molecule has 0 bridgehead atoms. The van der Waals surface area contributed by atoms with Crippen molar-refractivity contribution in [2.24, 2.45) is 10.5 Å². The molecule has 3 heteroatoms. The number of hydrogen-bond acceptors (Lipinski definition) is 3. The topological polar surface area (TPSA) is 15.6 Å². The molecule has 0 atom stereocenters. The first kappa shape index (κ1) is 10.9. The molecule has 0 aliphatic carbocycles. The molecule has 0 saturated carbocycles. The van der Waals surface area contributed by atoms with Crippen LogP contribution in [0.5, 0.6) is 0 Å². The zero-order chi connectivity index (χ0) is 10.3. The number of nitrogens with zero attached hydrogens (tertiary/aromatic N) is 2. The van der Waals surface area contributed by atoms with Crippen LogP contribution in [0.2, 0.25) is 0 Å².